The van der Waals surface area contributed by atoms with Crippen LogP contribution in [0.25, 0.3) is 22.5 Å². The van der Waals surface area contributed by atoms with Crippen molar-refractivity contribution in [2.24, 2.45) is 0 Å². The summed E-state index contributed by atoms with van der Waals surface area (Å²) in [5.74, 6) is 0.806. The van der Waals surface area contributed by atoms with Gasteiger partial charge in [-0.25, -0.2) is 4.98 Å². The van der Waals surface area contributed by atoms with Crippen LogP contribution in [0.5, 0.6) is 5.75 Å². The summed E-state index contributed by atoms with van der Waals surface area (Å²) >= 11 is 3.44. The third-order valence-electron chi connectivity index (χ3n) is 3.59. The maximum atomic E-state index is 9.55. The van der Waals surface area contributed by atoms with Gasteiger partial charge in [-0.1, -0.05) is 28.1 Å². The Morgan fingerprint density at radius 2 is 1.43 bits per heavy atom. The summed E-state index contributed by atoms with van der Waals surface area (Å²) in [5.41, 5.74) is 4.51. The summed E-state index contributed by atoms with van der Waals surface area (Å²) in [5, 5.41) is 9.55. The molecule has 0 aliphatic rings. The first-order chi connectivity index (χ1) is 11.2. The minimum absolute atomic E-state index is 0.0186. The van der Waals surface area contributed by atoms with Crippen LogP contribution in [0.2, 0.25) is 0 Å². The molecule has 0 bridgehead atoms. The van der Waals surface area contributed by atoms with Crippen molar-refractivity contribution < 1.29 is 9.84 Å². The second kappa shape index (κ2) is 6.94. The van der Waals surface area contributed by atoms with Crippen molar-refractivity contribution in [3.05, 3.63) is 70.7 Å². The molecule has 0 atom stereocenters. The molecule has 0 saturated heterocycles. The first kappa shape index (κ1) is 15.7. The van der Waals surface area contributed by atoms with Gasteiger partial charge in [0.2, 0.25) is 0 Å². The summed E-state index contributed by atoms with van der Waals surface area (Å²) in [6.45, 7) is -0.0186. The highest BCUT2D eigenvalue weighted by atomic mass is 79.9. The number of methoxy groups -OCH3 is 1. The molecule has 3 rings (SSSR count). The molecule has 0 aliphatic heterocycles. The topological polar surface area (TPSA) is 42.4 Å². The zero-order valence-electron chi connectivity index (χ0n) is 12.7. The zero-order chi connectivity index (χ0) is 16.2. The molecule has 0 aliphatic carbocycles. The smallest absolute Gasteiger partial charge is 0.118 e. The number of hydrogen-bond donors (Lipinski definition) is 1. The van der Waals surface area contributed by atoms with Crippen LogP contribution in [0.3, 0.4) is 0 Å². The molecule has 3 nitrogen and oxygen atoms in total. The third kappa shape index (κ3) is 3.60. The highest BCUT2D eigenvalue weighted by Gasteiger charge is 2.07. The van der Waals surface area contributed by atoms with Gasteiger partial charge in [0.05, 0.1) is 25.1 Å². The standard InChI is InChI=1S/C19H16BrNO2/c1-23-17-8-4-15(5-9-17)19-11-13(12-22)10-18(21-19)14-2-6-16(20)7-3-14/h2-11,22H,12H2,1H3. The van der Waals surface area contributed by atoms with Crippen molar-refractivity contribution in [3.8, 4) is 28.3 Å². The van der Waals surface area contributed by atoms with Crippen molar-refractivity contribution in [2.75, 3.05) is 7.11 Å². The van der Waals surface area contributed by atoms with Gasteiger partial charge in [-0.15, -0.1) is 0 Å². The van der Waals surface area contributed by atoms with Crippen LogP contribution in [0, 0.1) is 0 Å². The van der Waals surface area contributed by atoms with E-state index in [2.05, 4.69) is 15.9 Å². The molecule has 1 heterocycles. The van der Waals surface area contributed by atoms with Gasteiger partial charge in [0.15, 0.2) is 0 Å². The Labute approximate surface area is 143 Å². The molecule has 1 N–H and O–H groups in total. The number of benzene rings is 2. The largest absolute Gasteiger partial charge is 0.497 e. The Hall–Kier alpha value is -2.17. The van der Waals surface area contributed by atoms with E-state index in [0.717, 1.165) is 38.3 Å². The summed E-state index contributed by atoms with van der Waals surface area (Å²) in [6.07, 6.45) is 0. The average molecular weight is 370 g/mol. The Balaban J connectivity index is 2.06. The van der Waals surface area contributed by atoms with Crippen LogP contribution in [-0.4, -0.2) is 17.2 Å². The fourth-order valence-electron chi connectivity index (χ4n) is 2.36. The van der Waals surface area contributed by atoms with Crippen LogP contribution >= 0.6 is 15.9 Å². The van der Waals surface area contributed by atoms with Gasteiger partial charge in [-0.05, 0) is 54.1 Å². The van der Waals surface area contributed by atoms with Crippen LogP contribution in [0.1, 0.15) is 5.56 Å². The molecule has 2 aromatic carbocycles. The van der Waals surface area contributed by atoms with Crippen molar-refractivity contribution >= 4 is 15.9 Å². The van der Waals surface area contributed by atoms with Gasteiger partial charge in [0.1, 0.15) is 5.75 Å². The van der Waals surface area contributed by atoms with Crippen molar-refractivity contribution in [1.29, 1.82) is 0 Å². The van der Waals surface area contributed by atoms with Gasteiger partial charge in [0, 0.05) is 15.6 Å². The minimum Gasteiger partial charge on any atom is -0.497 e. The Kier molecular flexibility index (Phi) is 4.74. The number of aliphatic hydroxyl groups excluding tert-OH is 1. The second-order valence-corrected chi connectivity index (χ2v) is 6.06. The lowest BCUT2D eigenvalue weighted by molar-refractivity contribution is 0.282. The van der Waals surface area contributed by atoms with E-state index in [1.165, 1.54) is 0 Å². The number of aliphatic hydroxyl groups is 1. The van der Waals surface area contributed by atoms with Crippen molar-refractivity contribution in [3.63, 3.8) is 0 Å². The van der Waals surface area contributed by atoms with E-state index < -0.39 is 0 Å². The lowest BCUT2D eigenvalue weighted by Gasteiger charge is -2.09. The summed E-state index contributed by atoms with van der Waals surface area (Å²) in [4.78, 5) is 4.74. The van der Waals surface area contributed by atoms with Gasteiger partial charge < -0.3 is 9.84 Å². The molecule has 0 saturated carbocycles. The highest BCUT2D eigenvalue weighted by molar-refractivity contribution is 9.10. The molecule has 1 aromatic heterocycles. The average Bonchev–Trinajstić information content (AvgIpc) is 2.62. The Morgan fingerprint density at radius 3 is 1.91 bits per heavy atom. The van der Waals surface area contributed by atoms with Crippen molar-refractivity contribution in [1.82, 2.24) is 4.98 Å². The first-order valence-electron chi connectivity index (χ1n) is 7.22. The number of pyridine rings is 1. The maximum absolute atomic E-state index is 9.55. The van der Waals surface area contributed by atoms with Crippen LogP contribution in [0.15, 0.2) is 65.1 Å². The number of nitrogens with zero attached hydrogens (tertiary/aromatic N) is 1. The lowest BCUT2D eigenvalue weighted by atomic mass is 10.0. The fraction of sp³-hybridized carbons (Fsp3) is 0.105. The van der Waals surface area contributed by atoms with Crippen LogP contribution in [-0.2, 0) is 6.61 Å². The van der Waals surface area contributed by atoms with E-state index in [0.29, 0.717) is 0 Å². The Morgan fingerprint density at radius 1 is 0.913 bits per heavy atom. The predicted molar refractivity (Wildman–Crippen MR) is 95.3 cm³/mol. The molecular formula is C19H16BrNO2. The molecule has 116 valence electrons. The molecule has 4 heteroatoms. The SMILES string of the molecule is COc1ccc(-c2cc(CO)cc(-c3ccc(Br)cc3)n2)cc1. The molecule has 0 radical (unpaired) electrons. The molecule has 0 spiro atoms. The molecule has 0 unspecified atom stereocenters. The number of hydrogen-bond acceptors (Lipinski definition) is 3. The Bertz CT molecular complexity index is 799. The number of ether oxygens (including phenoxy) is 1. The fourth-order valence-corrected chi connectivity index (χ4v) is 2.62. The number of halogens is 1. The number of aromatic nitrogens is 1. The maximum Gasteiger partial charge on any atom is 0.118 e. The first-order valence-corrected chi connectivity index (χ1v) is 8.01. The van der Waals surface area contributed by atoms with Gasteiger partial charge in [0.25, 0.3) is 0 Å². The second-order valence-electron chi connectivity index (χ2n) is 5.14. The van der Waals surface area contributed by atoms with E-state index in [1.807, 2.05) is 60.7 Å². The van der Waals surface area contributed by atoms with E-state index in [4.69, 9.17) is 9.72 Å². The molecular weight excluding hydrogens is 354 g/mol. The van der Waals surface area contributed by atoms with E-state index in [1.54, 1.807) is 7.11 Å². The van der Waals surface area contributed by atoms with Gasteiger partial charge >= 0.3 is 0 Å². The van der Waals surface area contributed by atoms with E-state index in [-0.39, 0.29) is 6.61 Å². The van der Waals surface area contributed by atoms with Gasteiger partial charge in [-0.2, -0.15) is 0 Å². The summed E-state index contributed by atoms with van der Waals surface area (Å²) in [6, 6.07) is 19.5. The highest BCUT2D eigenvalue weighted by Crippen LogP contribution is 2.27. The minimum atomic E-state index is -0.0186. The monoisotopic (exact) mass is 369 g/mol. The van der Waals surface area contributed by atoms with Gasteiger partial charge in [-0.3, -0.25) is 0 Å². The van der Waals surface area contributed by atoms with E-state index in [9.17, 15) is 5.11 Å². The quantitative estimate of drug-likeness (QED) is 0.725. The molecule has 3 aromatic rings. The molecule has 23 heavy (non-hydrogen) atoms. The zero-order valence-corrected chi connectivity index (χ0v) is 14.2. The van der Waals surface area contributed by atoms with Crippen LogP contribution < -0.4 is 4.74 Å². The van der Waals surface area contributed by atoms with Crippen molar-refractivity contribution in [2.45, 2.75) is 6.61 Å². The third-order valence-corrected chi connectivity index (χ3v) is 4.12. The lowest BCUT2D eigenvalue weighted by Crippen LogP contribution is -1.93. The summed E-state index contributed by atoms with van der Waals surface area (Å²) < 4.78 is 6.21. The normalized spacial score (nSPS) is 10.6. The number of rotatable bonds is 4. The molecule has 0 fully saturated rings. The van der Waals surface area contributed by atoms with E-state index >= 15 is 0 Å². The summed E-state index contributed by atoms with van der Waals surface area (Å²) in [7, 11) is 1.64. The predicted octanol–water partition coefficient (Wildman–Crippen LogP) is 4.68. The van der Waals surface area contributed by atoms with Crippen LogP contribution in [0.4, 0.5) is 0 Å². The molecule has 0 amide bonds.